The van der Waals surface area contributed by atoms with Crippen molar-refractivity contribution in [2.45, 2.75) is 57.5 Å². The van der Waals surface area contributed by atoms with Gasteiger partial charge in [-0.2, -0.15) is 0 Å². The molecule has 1 aliphatic rings. The van der Waals surface area contributed by atoms with Gasteiger partial charge in [0.25, 0.3) is 0 Å². The lowest BCUT2D eigenvalue weighted by Crippen LogP contribution is -2.38. The number of halogens is 1. The predicted molar refractivity (Wildman–Crippen MR) is 150 cm³/mol. The number of aliphatic hydroxyl groups is 1. The predicted octanol–water partition coefficient (Wildman–Crippen LogP) is 6.65. The third-order valence-electron chi connectivity index (χ3n) is 6.29. The molecule has 1 unspecified atom stereocenters. The average Bonchev–Trinajstić information content (AvgIpc) is 2.88. The number of piperidine rings is 1. The van der Waals surface area contributed by atoms with Crippen molar-refractivity contribution in [3.63, 3.8) is 0 Å². The van der Waals surface area contributed by atoms with Crippen LogP contribution in [0.2, 0.25) is 5.02 Å². The Bertz CT molecular complexity index is 976. The summed E-state index contributed by atoms with van der Waals surface area (Å²) in [4.78, 5) is 2.37. The smallest absolute Gasteiger partial charge is 0.108 e. The van der Waals surface area contributed by atoms with Gasteiger partial charge in [-0.25, -0.2) is 0 Å². The van der Waals surface area contributed by atoms with E-state index < -0.39 is 6.10 Å². The van der Waals surface area contributed by atoms with Gasteiger partial charge in [0.2, 0.25) is 0 Å². The molecule has 2 N–H and O–H groups in total. The molecule has 4 rings (SSSR count). The Morgan fingerprint density at radius 3 is 1.89 bits per heavy atom. The number of hydrogen-bond donors (Lipinski definition) is 2. The number of ether oxygens (including phenoxy) is 1. The molecule has 0 aromatic heterocycles. The fourth-order valence-electron chi connectivity index (χ4n) is 4.18. The first-order chi connectivity index (χ1) is 17.2. The van der Waals surface area contributed by atoms with Gasteiger partial charge in [-0.15, -0.1) is 0 Å². The minimum absolute atomic E-state index is 0.00222. The van der Waals surface area contributed by atoms with Crippen molar-refractivity contribution >= 4 is 11.6 Å². The summed E-state index contributed by atoms with van der Waals surface area (Å²) in [6.07, 6.45) is 2.07. The van der Waals surface area contributed by atoms with Crippen molar-refractivity contribution in [1.82, 2.24) is 10.2 Å². The van der Waals surface area contributed by atoms with Crippen LogP contribution in [0.5, 0.6) is 0 Å². The highest BCUT2D eigenvalue weighted by Gasteiger charge is 2.23. The Kier molecular flexibility index (Phi) is 11.0. The van der Waals surface area contributed by atoms with Crippen LogP contribution >= 0.6 is 11.6 Å². The third-order valence-corrected chi connectivity index (χ3v) is 6.63. The molecule has 1 fully saturated rings. The standard InChI is InChI=1S/C19H23NO.C12H18ClNO/c1-20-14-12-18(13-15-20)21-19(16-8-4-2-5-9-16)17-10-6-3-7-11-17;1-12(2,3)14-8-11(15)9-6-4-5-7-10(9)13/h2-11,18-19H,12-15H2,1H3;4-7,11,14-15H,8H2,1-3H3. The lowest BCUT2D eigenvalue weighted by Gasteiger charge is -2.32. The zero-order valence-electron chi connectivity index (χ0n) is 22.0. The van der Waals surface area contributed by atoms with Crippen molar-refractivity contribution in [2.24, 2.45) is 0 Å². The summed E-state index contributed by atoms with van der Waals surface area (Å²) < 4.78 is 6.49. The van der Waals surface area contributed by atoms with Crippen molar-refractivity contribution in [1.29, 1.82) is 0 Å². The van der Waals surface area contributed by atoms with Crippen LogP contribution in [-0.2, 0) is 4.74 Å². The van der Waals surface area contributed by atoms with Crippen molar-refractivity contribution in [3.05, 3.63) is 107 Å². The summed E-state index contributed by atoms with van der Waals surface area (Å²) in [6.45, 7) is 8.94. The number of nitrogens with zero attached hydrogens (tertiary/aromatic N) is 1. The van der Waals surface area contributed by atoms with Crippen LogP contribution in [0, 0.1) is 0 Å². The van der Waals surface area contributed by atoms with Crippen molar-refractivity contribution in [2.75, 3.05) is 26.7 Å². The quantitative estimate of drug-likeness (QED) is 0.375. The van der Waals surface area contributed by atoms with Crippen LogP contribution in [0.4, 0.5) is 0 Å². The number of likely N-dealkylation sites (tertiary alicyclic amines) is 1. The molecule has 0 radical (unpaired) electrons. The number of benzene rings is 3. The van der Waals surface area contributed by atoms with Crippen LogP contribution in [-0.4, -0.2) is 48.3 Å². The molecule has 1 atom stereocenters. The van der Waals surface area contributed by atoms with Crippen molar-refractivity contribution < 1.29 is 9.84 Å². The molecule has 0 saturated carbocycles. The van der Waals surface area contributed by atoms with Gasteiger partial charge in [-0.3, -0.25) is 0 Å². The summed E-state index contributed by atoms with van der Waals surface area (Å²) in [5, 5.41) is 13.8. The van der Waals surface area contributed by atoms with Crippen LogP contribution in [0.15, 0.2) is 84.9 Å². The number of nitrogens with one attached hydrogen (secondary N) is 1. The normalized spacial score (nSPS) is 15.9. The Hall–Kier alpha value is -2.21. The first-order valence-corrected chi connectivity index (χ1v) is 13.2. The lowest BCUT2D eigenvalue weighted by atomic mass is 10.00. The SMILES string of the molecule is CC(C)(C)NCC(O)c1ccccc1Cl.CN1CCC(OC(c2ccccc2)c2ccccc2)CC1. The monoisotopic (exact) mass is 508 g/mol. The highest BCUT2D eigenvalue weighted by molar-refractivity contribution is 6.31. The molecule has 3 aromatic rings. The summed E-state index contributed by atoms with van der Waals surface area (Å²) in [6, 6.07) is 28.5. The van der Waals surface area contributed by atoms with E-state index in [0.717, 1.165) is 31.5 Å². The van der Waals surface area contributed by atoms with Gasteiger partial charge in [-0.1, -0.05) is 90.5 Å². The molecular formula is C31H41ClN2O2. The van der Waals surface area contributed by atoms with E-state index >= 15 is 0 Å². The number of aliphatic hydroxyl groups excluding tert-OH is 1. The van der Waals surface area contributed by atoms with Gasteiger partial charge < -0.3 is 20.1 Å². The Morgan fingerprint density at radius 1 is 0.889 bits per heavy atom. The second kappa shape index (κ2) is 13.9. The summed E-state index contributed by atoms with van der Waals surface area (Å²) >= 11 is 5.98. The summed E-state index contributed by atoms with van der Waals surface area (Å²) in [5.74, 6) is 0. The van der Waals surface area contributed by atoms with E-state index in [9.17, 15) is 5.11 Å². The van der Waals surface area contributed by atoms with Crippen LogP contribution < -0.4 is 5.32 Å². The fraction of sp³-hybridized carbons (Fsp3) is 0.419. The third kappa shape index (κ3) is 9.34. The van der Waals surface area contributed by atoms with E-state index in [-0.39, 0.29) is 11.6 Å². The zero-order valence-corrected chi connectivity index (χ0v) is 22.8. The van der Waals surface area contributed by atoms with Gasteiger partial charge in [0.15, 0.2) is 0 Å². The Labute approximate surface area is 222 Å². The number of hydrogen-bond acceptors (Lipinski definition) is 4. The topological polar surface area (TPSA) is 44.7 Å². The zero-order chi connectivity index (χ0) is 26.0. The fourth-order valence-corrected chi connectivity index (χ4v) is 4.44. The van der Waals surface area contributed by atoms with E-state index in [1.54, 1.807) is 6.07 Å². The Balaban J connectivity index is 0.000000214. The molecule has 36 heavy (non-hydrogen) atoms. The minimum Gasteiger partial charge on any atom is -0.387 e. The highest BCUT2D eigenvalue weighted by Crippen LogP contribution is 2.29. The molecule has 1 heterocycles. The first-order valence-electron chi connectivity index (χ1n) is 12.8. The van der Waals surface area contributed by atoms with Gasteiger partial charge >= 0.3 is 0 Å². The number of β-amino-alcohol motifs (C(OH)–C–C–N with tert-alkyl or cyclic N) is 1. The molecule has 0 bridgehead atoms. The second-order valence-electron chi connectivity index (χ2n) is 10.5. The molecule has 1 aliphatic heterocycles. The van der Waals surface area contributed by atoms with E-state index in [0.29, 0.717) is 17.7 Å². The van der Waals surface area contributed by atoms with Crippen LogP contribution in [0.1, 0.15) is 62.5 Å². The van der Waals surface area contributed by atoms with E-state index in [1.165, 1.54) is 11.1 Å². The molecule has 5 heteroatoms. The molecule has 0 amide bonds. The lowest BCUT2D eigenvalue weighted by molar-refractivity contribution is -0.0234. The largest absolute Gasteiger partial charge is 0.387 e. The maximum absolute atomic E-state index is 9.92. The van der Waals surface area contributed by atoms with Gasteiger partial charge in [0, 0.05) is 35.8 Å². The summed E-state index contributed by atoms with van der Waals surface area (Å²) in [5.41, 5.74) is 3.25. The average molecular weight is 509 g/mol. The molecule has 194 valence electrons. The Morgan fingerprint density at radius 2 is 1.39 bits per heavy atom. The van der Waals surface area contributed by atoms with Gasteiger partial charge in [0.05, 0.1) is 12.2 Å². The van der Waals surface area contributed by atoms with E-state index in [2.05, 4.69) is 98.7 Å². The maximum Gasteiger partial charge on any atom is 0.108 e. The van der Waals surface area contributed by atoms with E-state index in [1.807, 2.05) is 18.2 Å². The van der Waals surface area contributed by atoms with Gasteiger partial charge in [-0.05, 0) is 57.9 Å². The van der Waals surface area contributed by atoms with Gasteiger partial charge in [0.1, 0.15) is 6.10 Å². The minimum atomic E-state index is -0.557. The molecule has 0 aliphatic carbocycles. The van der Waals surface area contributed by atoms with Crippen LogP contribution in [0.3, 0.4) is 0 Å². The first kappa shape index (κ1) is 28.4. The summed E-state index contributed by atoms with van der Waals surface area (Å²) in [7, 11) is 2.18. The van der Waals surface area contributed by atoms with Crippen LogP contribution in [0.25, 0.3) is 0 Å². The molecule has 4 nitrogen and oxygen atoms in total. The molecule has 3 aromatic carbocycles. The van der Waals surface area contributed by atoms with E-state index in [4.69, 9.17) is 16.3 Å². The second-order valence-corrected chi connectivity index (χ2v) is 10.9. The number of rotatable bonds is 7. The van der Waals surface area contributed by atoms with Crippen molar-refractivity contribution in [3.8, 4) is 0 Å². The molecule has 1 saturated heterocycles. The molecular weight excluding hydrogens is 468 g/mol. The molecule has 0 spiro atoms. The highest BCUT2D eigenvalue weighted by atomic mass is 35.5. The maximum atomic E-state index is 9.92.